The summed E-state index contributed by atoms with van der Waals surface area (Å²) in [6.45, 7) is 9.10. The van der Waals surface area contributed by atoms with Crippen LogP contribution in [-0.4, -0.2) is 17.3 Å². The number of Topliss-reactive ketones (excluding diaryl/α,β-unsaturated/α-hetero) is 1. The van der Waals surface area contributed by atoms with Gasteiger partial charge in [-0.3, -0.25) is 4.79 Å². The summed E-state index contributed by atoms with van der Waals surface area (Å²) in [4.78, 5) is 13.1. The minimum absolute atomic E-state index is 0. The molecule has 0 radical (unpaired) electrons. The third kappa shape index (κ3) is 13.7. The first kappa shape index (κ1) is 25.9. The third-order valence-corrected chi connectivity index (χ3v) is 5.44. The van der Waals surface area contributed by atoms with E-state index in [1.807, 2.05) is 0 Å². The molecule has 0 aliphatic carbocycles. The summed E-state index contributed by atoms with van der Waals surface area (Å²) in [5, 5.41) is 10.6. The van der Waals surface area contributed by atoms with Crippen molar-refractivity contribution in [1.82, 2.24) is 0 Å². The molecule has 0 unspecified atom stereocenters. The minimum atomic E-state index is 0. The van der Waals surface area contributed by atoms with E-state index in [0.29, 0.717) is 12.8 Å². The van der Waals surface area contributed by atoms with Crippen molar-refractivity contribution in [3.8, 4) is 0 Å². The van der Waals surface area contributed by atoms with E-state index in [9.17, 15) is 9.90 Å². The summed E-state index contributed by atoms with van der Waals surface area (Å²) in [5.41, 5.74) is 2.54. The molecule has 0 amide bonds. The van der Waals surface area contributed by atoms with Crippen LogP contribution in [0.4, 0.5) is 0 Å². The number of hydrogen-bond donors (Lipinski definition) is 0. The van der Waals surface area contributed by atoms with Crippen molar-refractivity contribution in [3.63, 3.8) is 0 Å². The second-order valence-corrected chi connectivity index (χ2v) is 8.40. The van der Waals surface area contributed by atoms with Gasteiger partial charge in [-0.25, -0.2) is 0 Å². The standard InChI is InChI=1S/2C11H14OS.Li/c2*1-9-3-5-11(6-4-9)13-8-7-10(2)12;/h3-6H,7-8H2,1-2H3;3-6,12H,2,7-8H2,1H3;/q;;+1/p-1. The van der Waals surface area contributed by atoms with Gasteiger partial charge in [0.2, 0.25) is 0 Å². The summed E-state index contributed by atoms with van der Waals surface area (Å²) in [5.74, 6) is 1.99. The number of ketones is 1. The quantitative estimate of drug-likeness (QED) is 0.392. The van der Waals surface area contributed by atoms with Gasteiger partial charge in [0.05, 0.1) is 0 Å². The third-order valence-electron chi connectivity index (χ3n) is 3.41. The van der Waals surface area contributed by atoms with Crippen LogP contribution in [0.15, 0.2) is 70.7 Å². The van der Waals surface area contributed by atoms with Crippen molar-refractivity contribution in [1.29, 1.82) is 0 Å². The van der Waals surface area contributed by atoms with Crippen LogP contribution in [0.25, 0.3) is 0 Å². The van der Waals surface area contributed by atoms with E-state index in [-0.39, 0.29) is 30.4 Å². The monoisotopic (exact) mass is 394 g/mol. The predicted molar refractivity (Wildman–Crippen MR) is 113 cm³/mol. The van der Waals surface area contributed by atoms with E-state index in [1.54, 1.807) is 30.4 Å². The van der Waals surface area contributed by atoms with Crippen molar-refractivity contribution < 1.29 is 28.8 Å². The Balaban J connectivity index is 0.000000483. The van der Waals surface area contributed by atoms with Crippen LogP contribution < -0.4 is 24.0 Å². The average molecular weight is 395 g/mol. The number of carbonyl (C=O) groups is 1. The van der Waals surface area contributed by atoms with Gasteiger partial charge in [-0.1, -0.05) is 35.4 Å². The van der Waals surface area contributed by atoms with Crippen molar-refractivity contribution >= 4 is 29.3 Å². The number of carbonyl (C=O) groups excluding carboxylic acids is 1. The molecule has 0 bridgehead atoms. The number of benzene rings is 2. The zero-order chi connectivity index (χ0) is 19.4. The number of aryl methyl sites for hydroxylation is 2. The Labute approximate surface area is 184 Å². The molecule has 0 atom stereocenters. The van der Waals surface area contributed by atoms with Gasteiger partial charge in [0, 0.05) is 27.7 Å². The Morgan fingerprint density at radius 2 is 1.22 bits per heavy atom. The van der Waals surface area contributed by atoms with Crippen LogP contribution in [0.3, 0.4) is 0 Å². The van der Waals surface area contributed by atoms with Gasteiger partial charge in [-0.05, 0) is 51.5 Å². The first-order valence-electron chi connectivity index (χ1n) is 8.60. The first-order chi connectivity index (χ1) is 12.4. The largest absolute Gasteiger partial charge is 1.00 e. The molecule has 27 heavy (non-hydrogen) atoms. The van der Waals surface area contributed by atoms with Crippen molar-refractivity contribution in [2.45, 2.75) is 43.4 Å². The molecule has 2 aromatic rings. The summed E-state index contributed by atoms with van der Waals surface area (Å²) < 4.78 is 0. The molecular formula is C22H27LiO2S2. The van der Waals surface area contributed by atoms with Crippen LogP contribution in [0.5, 0.6) is 0 Å². The van der Waals surface area contributed by atoms with Gasteiger partial charge in [-0.2, -0.15) is 0 Å². The summed E-state index contributed by atoms with van der Waals surface area (Å²) in [6.07, 6.45) is 1.22. The zero-order valence-electron chi connectivity index (χ0n) is 16.8. The molecular weight excluding hydrogens is 367 g/mol. The number of hydrogen-bond acceptors (Lipinski definition) is 4. The maximum absolute atomic E-state index is 10.7. The van der Waals surface area contributed by atoms with Gasteiger partial charge < -0.3 is 5.11 Å². The van der Waals surface area contributed by atoms with Gasteiger partial charge in [0.25, 0.3) is 0 Å². The van der Waals surface area contributed by atoms with Gasteiger partial charge in [-0.15, -0.1) is 35.9 Å². The van der Waals surface area contributed by atoms with Crippen LogP contribution in [0.2, 0.25) is 0 Å². The minimum Gasteiger partial charge on any atom is -0.876 e. The van der Waals surface area contributed by atoms with Crippen LogP contribution >= 0.6 is 23.5 Å². The van der Waals surface area contributed by atoms with Crippen LogP contribution in [-0.2, 0) is 4.79 Å². The van der Waals surface area contributed by atoms with Crippen LogP contribution in [0, 0.1) is 13.8 Å². The zero-order valence-corrected chi connectivity index (χ0v) is 18.4. The molecule has 0 N–H and O–H groups in total. The van der Waals surface area contributed by atoms with Crippen molar-refractivity contribution in [2.75, 3.05) is 11.5 Å². The number of rotatable bonds is 8. The summed E-state index contributed by atoms with van der Waals surface area (Å²) in [7, 11) is 0. The predicted octanol–water partition coefficient (Wildman–Crippen LogP) is 2.42. The van der Waals surface area contributed by atoms with E-state index in [4.69, 9.17) is 0 Å². The molecule has 0 aliphatic heterocycles. The Hall–Kier alpha value is -1.05. The molecule has 5 heteroatoms. The number of allylic oxidation sites excluding steroid dienone is 1. The Morgan fingerprint density at radius 3 is 1.56 bits per heavy atom. The Bertz CT molecular complexity index is 621. The fourth-order valence-corrected chi connectivity index (χ4v) is 3.71. The van der Waals surface area contributed by atoms with E-state index in [0.717, 1.165) is 11.5 Å². The number of thioether (sulfide) groups is 2. The first-order valence-corrected chi connectivity index (χ1v) is 10.6. The normalized spacial score (nSPS) is 9.59. The molecule has 0 fully saturated rings. The van der Waals surface area contributed by atoms with E-state index < -0.39 is 0 Å². The maximum atomic E-state index is 10.7. The average Bonchev–Trinajstić information content (AvgIpc) is 2.58. The molecule has 0 heterocycles. The van der Waals surface area contributed by atoms with Crippen LogP contribution in [0.1, 0.15) is 30.9 Å². The van der Waals surface area contributed by atoms with Gasteiger partial charge in [0.1, 0.15) is 5.78 Å². The smallest absolute Gasteiger partial charge is 0.876 e. The summed E-state index contributed by atoms with van der Waals surface area (Å²) in [6, 6.07) is 16.7. The molecule has 0 aliphatic rings. The molecule has 0 saturated carbocycles. The molecule has 0 aromatic heterocycles. The van der Waals surface area contributed by atoms with Crippen molar-refractivity contribution in [3.05, 3.63) is 72.0 Å². The summed E-state index contributed by atoms with van der Waals surface area (Å²) >= 11 is 3.43. The maximum Gasteiger partial charge on any atom is 1.00 e. The van der Waals surface area contributed by atoms with Crippen molar-refractivity contribution in [2.24, 2.45) is 0 Å². The van der Waals surface area contributed by atoms with E-state index >= 15 is 0 Å². The van der Waals surface area contributed by atoms with Gasteiger partial charge >= 0.3 is 18.9 Å². The molecule has 0 spiro atoms. The molecule has 140 valence electrons. The Morgan fingerprint density at radius 1 is 0.852 bits per heavy atom. The molecule has 2 rings (SSSR count). The van der Waals surface area contributed by atoms with Gasteiger partial charge in [0.15, 0.2) is 0 Å². The molecule has 2 nitrogen and oxygen atoms in total. The Kier molecular flexibility index (Phi) is 14.4. The molecule has 0 saturated heterocycles. The second-order valence-electron chi connectivity index (χ2n) is 6.06. The fourth-order valence-electron chi connectivity index (χ4n) is 1.86. The second kappa shape index (κ2) is 14.9. The SMILES string of the molecule is C=C([O-])CCSc1ccc(C)cc1.CC(=O)CCSc1ccc(C)cc1.[Li+]. The van der Waals surface area contributed by atoms with E-state index in [1.165, 1.54) is 20.9 Å². The topological polar surface area (TPSA) is 40.1 Å². The van der Waals surface area contributed by atoms with E-state index in [2.05, 4.69) is 69.0 Å². The fraction of sp³-hybridized carbons (Fsp3) is 0.318. The molecule has 2 aromatic carbocycles.